The summed E-state index contributed by atoms with van der Waals surface area (Å²) in [4.78, 5) is 25.9. The summed E-state index contributed by atoms with van der Waals surface area (Å²) in [5.41, 5.74) is 0.895. The summed E-state index contributed by atoms with van der Waals surface area (Å²) in [6, 6.07) is 11.7. The van der Waals surface area contributed by atoms with Gasteiger partial charge in [-0.2, -0.15) is 9.12 Å². The third-order valence-electron chi connectivity index (χ3n) is 5.17. The van der Waals surface area contributed by atoms with E-state index in [0.29, 0.717) is 23.6 Å². The van der Waals surface area contributed by atoms with Gasteiger partial charge < -0.3 is 10.2 Å². The lowest BCUT2D eigenvalue weighted by Crippen LogP contribution is -2.48. The molecule has 0 spiro atoms. The molecule has 0 unspecified atom stereocenters. The van der Waals surface area contributed by atoms with Gasteiger partial charge >= 0.3 is 0 Å². The maximum absolute atomic E-state index is 13.6. The Morgan fingerprint density at radius 1 is 1.10 bits per heavy atom. The topological polar surface area (TPSA) is 68.5 Å². The van der Waals surface area contributed by atoms with Crippen LogP contribution >= 0.6 is 0 Å². The van der Waals surface area contributed by atoms with Crippen LogP contribution in [-0.2, 0) is 5.54 Å². The highest BCUT2D eigenvalue weighted by Crippen LogP contribution is 2.38. The third kappa shape index (κ3) is 3.34. The number of halogens is 2. The predicted molar refractivity (Wildman–Crippen MR) is 108 cm³/mol. The van der Waals surface area contributed by atoms with Crippen LogP contribution in [0.25, 0.3) is 0 Å². The number of benzene rings is 1. The lowest BCUT2D eigenvalue weighted by molar-refractivity contribution is 0.113. The first kappa shape index (κ1) is 19.8. The Morgan fingerprint density at radius 2 is 1.83 bits per heavy atom. The van der Waals surface area contributed by atoms with E-state index in [1.807, 2.05) is 6.92 Å². The highest BCUT2D eigenvalue weighted by atomic mass is 19.1. The molecule has 3 heterocycles. The molecule has 0 aliphatic carbocycles. The van der Waals surface area contributed by atoms with E-state index in [0.717, 1.165) is 10.3 Å². The van der Waals surface area contributed by atoms with Gasteiger partial charge in [-0.05, 0) is 43.7 Å². The maximum Gasteiger partial charge on any atom is 0.283 e. The lowest BCUT2D eigenvalue weighted by atomic mass is 9.79. The van der Waals surface area contributed by atoms with Crippen molar-refractivity contribution in [2.45, 2.75) is 25.4 Å². The molecule has 2 atom stereocenters. The molecule has 0 saturated heterocycles. The Kier molecular flexibility index (Phi) is 5.07. The van der Waals surface area contributed by atoms with E-state index in [9.17, 15) is 13.6 Å². The van der Waals surface area contributed by atoms with Gasteiger partial charge in [0.15, 0.2) is 0 Å². The molecule has 0 bridgehead atoms. The van der Waals surface area contributed by atoms with Crippen LogP contribution in [0.1, 0.15) is 30.5 Å². The van der Waals surface area contributed by atoms with Gasteiger partial charge in [0.25, 0.3) is 5.56 Å². The summed E-state index contributed by atoms with van der Waals surface area (Å²) < 4.78 is 28.2. The molecular formula is C22H20F2N4O2. The van der Waals surface area contributed by atoms with Crippen LogP contribution in [0.2, 0.25) is 0 Å². The van der Waals surface area contributed by atoms with Crippen molar-refractivity contribution < 1.29 is 13.6 Å². The average Bonchev–Trinajstić information content (AvgIpc) is 3.09. The van der Waals surface area contributed by atoms with Crippen molar-refractivity contribution in [2.24, 2.45) is 4.99 Å². The molecular weight excluding hydrogens is 390 g/mol. The van der Waals surface area contributed by atoms with Crippen molar-refractivity contribution in [1.82, 2.24) is 15.0 Å². The molecule has 2 aromatic heterocycles. The minimum atomic E-state index is -0.893. The minimum Gasteiger partial charge on any atom is -0.411 e. The summed E-state index contributed by atoms with van der Waals surface area (Å²) >= 11 is 0. The summed E-state index contributed by atoms with van der Waals surface area (Å²) in [6.45, 7) is 4.03. The number of aliphatic imine (C=N–C) groups is 1. The van der Waals surface area contributed by atoms with Crippen molar-refractivity contribution in [1.29, 1.82) is 0 Å². The van der Waals surface area contributed by atoms with Crippen LogP contribution < -0.4 is 15.7 Å². The molecule has 0 fully saturated rings. The van der Waals surface area contributed by atoms with Crippen LogP contribution in [-0.4, -0.2) is 28.2 Å². The Bertz CT molecular complexity index is 1100. The van der Waals surface area contributed by atoms with Gasteiger partial charge in [-0.3, -0.25) is 9.79 Å². The first-order chi connectivity index (χ1) is 14.4. The monoisotopic (exact) mass is 410 g/mol. The number of rotatable bonds is 5. The number of hydrogen-bond acceptors (Lipinski definition) is 5. The molecule has 0 saturated carbocycles. The van der Waals surface area contributed by atoms with Gasteiger partial charge in [-0.25, -0.2) is 9.37 Å². The number of amidine groups is 1. The lowest BCUT2D eigenvalue weighted by Gasteiger charge is -2.34. The van der Waals surface area contributed by atoms with Gasteiger partial charge in [0.05, 0.1) is 12.2 Å². The molecule has 154 valence electrons. The molecule has 30 heavy (non-hydrogen) atoms. The van der Waals surface area contributed by atoms with Crippen molar-refractivity contribution in [3.8, 4) is 0 Å². The molecule has 8 heteroatoms. The van der Waals surface area contributed by atoms with Crippen molar-refractivity contribution in [3.05, 3.63) is 99.7 Å². The zero-order chi connectivity index (χ0) is 21.3. The Morgan fingerprint density at radius 3 is 2.50 bits per heavy atom. The SMILES string of the molecule is CCOn1cc(C2=N[C@@H](C)[C@](c3ccc(F)cc3)(c3ccc(F)nc3)N2)ccc1=O. The van der Waals surface area contributed by atoms with Gasteiger partial charge in [-0.1, -0.05) is 18.2 Å². The van der Waals surface area contributed by atoms with Crippen LogP contribution in [0.3, 0.4) is 0 Å². The van der Waals surface area contributed by atoms with E-state index in [4.69, 9.17) is 9.83 Å². The Hall–Kier alpha value is -3.55. The van der Waals surface area contributed by atoms with Crippen molar-refractivity contribution in [3.63, 3.8) is 0 Å². The van der Waals surface area contributed by atoms with Crippen molar-refractivity contribution >= 4 is 5.84 Å². The van der Waals surface area contributed by atoms with Gasteiger partial charge in [0, 0.05) is 23.4 Å². The summed E-state index contributed by atoms with van der Waals surface area (Å²) in [6.07, 6.45) is 3.01. The number of hydrogen-bond donors (Lipinski definition) is 1. The zero-order valence-corrected chi connectivity index (χ0v) is 16.5. The van der Waals surface area contributed by atoms with Crippen molar-refractivity contribution in [2.75, 3.05) is 6.61 Å². The Balaban J connectivity index is 1.81. The van der Waals surface area contributed by atoms with Gasteiger partial charge in [-0.15, -0.1) is 0 Å². The average molecular weight is 410 g/mol. The smallest absolute Gasteiger partial charge is 0.283 e. The Labute approximate surface area is 171 Å². The van der Waals surface area contributed by atoms with E-state index in [1.165, 1.54) is 30.5 Å². The first-order valence-electron chi connectivity index (χ1n) is 9.54. The van der Waals surface area contributed by atoms with Crippen LogP contribution in [0, 0.1) is 11.8 Å². The molecule has 0 amide bonds. The first-order valence-corrected chi connectivity index (χ1v) is 9.54. The third-order valence-corrected chi connectivity index (χ3v) is 5.17. The standard InChI is InChI=1S/C22H20F2N4O2/c1-3-30-28-13-15(4-11-20(28)29)21-26-14(2)22(27-21,16-5-8-18(23)9-6-16)17-7-10-19(24)25-12-17/h4-14H,3H2,1-2H3,(H,26,27)/t14-,22-/m0/s1. The second-order valence-corrected chi connectivity index (χ2v) is 6.96. The summed E-state index contributed by atoms with van der Waals surface area (Å²) in [5.74, 6) is -0.421. The molecule has 1 aliphatic rings. The fourth-order valence-electron chi connectivity index (χ4n) is 3.72. The fourth-order valence-corrected chi connectivity index (χ4v) is 3.72. The second kappa shape index (κ2) is 7.70. The van der Waals surface area contributed by atoms with Crippen LogP contribution in [0.5, 0.6) is 0 Å². The maximum atomic E-state index is 13.6. The highest BCUT2D eigenvalue weighted by Gasteiger charge is 2.45. The molecule has 0 radical (unpaired) electrons. The molecule has 1 aromatic carbocycles. The predicted octanol–water partition coefficient (Wildman–Crippen LogP) is 2.65. The minimum absolute atomic E-state index is 0.292. The number of nitrogens with zero attached hydrogens (tertiary/aromatic N) is 3. The van der Waals surface area contributed by atoms with Gasteiger partial charge in [0.1, 0.15) is 23.8 Å². The molecule has 1 aliphatic heterocycles. The molecule has 4 rings (SSSR count). The van der Waals surface area contributed by atoms with Gasteiger partial charge in [0.2, 0.25) is 5.95 Å². The number of pyridine rings is 2. The van der Waals surface area contributed by atoms with E-state index >= 15 is 0 Å². The normalized spacial score (nSPS) is 20.5. The van der Waals surface area contributed by atoms with Crippen LogP contribution in [0.15, 0.2) is 70.7 Å². The molecule has 1 N–H and O–H groups in total. The second-order valence-electron chi connectivity index (χ2n) is 6.96. The molecule has 6 nitrogen and oxygen atoms in total. The van der Waals surface area contributed by atoms with E-state index in [1.54, 1.807) is 37.4 Å². The van der Waals surface area contributed by atoms with E-state index < -0.39 is 11.5 Å². The van der Waals surface area contributed by atoms with Crippen LogP contribution in [0.4, 0.5) is 8.78 Å². The zero-order valence-electron chi connectivity index (χ0n) is 16.5. The number of nitrogens with one attached hydrogen (secondary N) is 1. The summed E-state index contributed by atoms with van der Waals surface area (Å²) in [7, 11) is 0. The largest absolute Gasteiger partial charge is 0.411 e. The summed E-state index contributed by atoms with van der Waals surface area (Å²) in [5, 5.41) is 3.42. The fraction of sp³-hybridized carbons (Fsp3) is 0.227. The highest BCUT2D eigenvalue weighted by molar-refractivity contribution is 6.01. The van der Waals surface area contributed by atoms with E-state index in [2.05, 4.69) is 10.3 Å². The van der Waals surface area contributed by atoms with E-state index in [-0.39, 0.29) is 17.4 Å². The quantitative estimate of drug-likeness (QED) is 0.657. The molecule has 3 aromatic rings. The number of aromatic nitrogens is 2.